The van der Waals surface area contributed by atoms with Gasteiger partial charge in [-0.3, -0.25) is 9.69 Å². The van der Waals surface area contributed by atoms with Crippen molar-refractivity contribution < 1.29 is 13.2 Å². The molecule has 0 radical (unpaired) electrons. The fourth-order valence-electron chi connectivity index (χ4n) is 2.47. The van der Waals surface area contributed by atoms with Crippen LogP contribution >= 0.6 is 27.5 Å². The number of hydrogen-bond acceptors (Lipinski definition) is 4. The first-order valence-corrected chi connectivity index (χ1v) is 10.4. The van der Waals surface area contributed by atoms with Crippen LogP contribution in [-0.4, -0.2) is 62.8 Å². The Morgan fingerprint density at radius 1 is 1.29 bits per heavy atom. The van der Waals surface area contributed by atoms with Crippen LogP contribution in [0.1, 0.15) is 13.3 Å². The van der Waals surface area contributed by atoms with Crippen molar-refractivity contribution in [3.05, 3.63) is 27.7 Å². The maximum atomic E-state index is 12.7. The summed E-state index contributed by atoms with van der Waals surface area (Å²) in [6.07, 6.45) is 0.895. The molecule has 1 fully saturated rings. The molecule has 0 spiro atoms. The van der Waals surface area contributed by atoms with Crippen LogP contribution in [0.2, 0.25) is 5.02 Å². The van der Waals surface area contributed by atoms with Crippen molar-refractivity contribution in [2.24, 2.45) is 0 Å². The van der Waals surface area contributed by atoms with E-state index in [1.807, 2.05) is 11.8 Å². The van der Waals surface area contributed by atoms with E-state index in [0.717, 1.165) is 10.9 Å². The highest BCUT2D eigenvalue weighted by Crippen LogP contribution is 2.28. The minimum atomic E-state index is -3.62. The number of carbonyl (C=O) groups excluding carboxylic acids is 1. The molecule has 1 amide bonds. The minimum Gasteiger partial charge on any atom is -0.355 e. The third-order valence-electron chi connectivity index (χ3n) is 3.78. The van der Waals surface area contributed by atoms with Crippen LogP contribution in [0.25, 0.3) is 0 Å². The van der Waals surface area contributed by atoms with Crippen molar-refractivity contribution >= 4 is 43.5 Å². The van der Waals surface area contributed by atoms with Crippen molar-refractivity contribution in [3.63, 3.8) is 0 Å². The standard InChI is InChI=1S/C15H21BrClN3O3S/c1-2-5-18-15(21)11-19-6-8-20(9-7-19)24(22,23)14-4-3-12(16)10-13(14)17/h3-4,10H,2,5-9,11H2,1H3,(H,18,21). The van der Waals surface area contributed by atoms with Gasteiger partial charge < -0.3 is 5.32 Å². The first-order valence-electron chi connectivity index (χ1n) is 7.79. The van der Waals surface area contributed by atoms with Gasteiger partial charge in [-0.25, -0.2) is 8.42 Å². The second-order valence-corrected chi connectivity index (χ2v) is 8.83. The molecule has 1 saturated heterocycles. The van der Waals surface area contributed by atoms with E-state index in [2.05, 4.69) is 21.2 Å². The molecule has 134 valence electrons. The molecule has 1 heterocycles. The molecule has 1 aromatic carbocycles. The molecule has 9 heteroatoms. The second-order valence-electron chi connectivity index (χ2n) is 5.60. The first-order chi connectivity index (χ1) is 11.3. The van der Waals surface area contributed by atoms with Crippen molar-refractivity contribution in [2.75, 3.05) is 39.3 Å². The number of nitrogens with one attached hydrogen (secondary N) is 1. The van der Waals surface area contributed by atoms with E-state index in [1.54, 1.807) is 12.1 Å². The Balaban J connectivity index is 1.97. The van der Waals surface area contributed by atoms with Gasteiger partial charge >= 0.3 is 0 Å². The molecule has 24 heavy (non-hydrogen) atoms. The molecule has 0 atom stereocenters. The normalized spacial score (nSPS) is 17.0. The maximum Gasteiger partial charge on any atom is 0.244 e. The first kappa shape index (κ1) is 19.7. The van der Waals surface area contributed by atoms with Gasteiger partial charge in [-0.15, -0.1) is 0 Å². The largest absolute Gasteiger partial charge is 0.355 e. The molecule has 1 aliphatic heterocycles. The SMILES string of the molecule is CCCNC(=O)CN1CCN(S(=O)(=O)c2ccc(Br)cc2Cl)CC1. The van der Waals surface area contributed by atoms with Gasteiger partial charge in [0.2, 0.25) is 15.9 Å². The summed E-state index contributed by atoms with van der Waals surface area (Å²) in [4.78, 5) is 13.8. The smallest absolute Gasteiger partial charge is 0.244 e. The molecule has 0 saturated carbocycles. The summed E-state index contributed by atoms with van der Waals surface area (Å²) in [5, 5.41) is 3.03. The topological polar surface area (TPSA) is 69.7 Å². The van der Waals surface area contributed by atoms with E-state index in [-0.39, 0.29) is 15.8 Å². The fraction of sp³-hybridized carbons (Fsp3) is 0.533. The molecule has 2 rings (SSSR count). The molecule has 6 nitrogen and oxygen atoms in total. The lowest BCUT2D eigenvalue weighted by molar-refractivity contribution is -0.122. The molecule has 1 aliphatic rings. The Morgan fingerprint density at radius 2 is 1.96 bits per heavy atom. The van der Waals surface area contributed by atoms with Gasteiger partial charge in [0.05, 0.1) is 11.6 Å². The lowest BCUT2D eigenvalue weighted by atomic mass is 10.3. The highest BCUT2D eigenvalue weighted by molar-refractivity contribution is 9.10. The molecular formula is C15H21BrClN3O3S. The molecule has 0 bridgehead atoms. The number of benzene rings is 1. The molecule has 0 aromatic heterocycles. The van der Waals surface area contributed by atoms with E-state index in [0.29, 0.717) is 39.3 Å². The monoisotopic (exact) mass is 437 g/mol. The van der Waals surface area contributed by atoms with Gasteiger partial charge in [0.25, 0.3) is 0 Å². The zero-order chi connectivity index (χ0) is 17.7. The lowest BCUT2D eigenvalue weighted by Gasteiger charge is -2.33. The maximum absolute atomic E-state index is 12.7. The summed E-state index contributed by atoms with van der Waals surface area (Å²) >= 11 is 9.35. The Hall–Kier alpha value is -0.670. The highest BCUT2D eigenvalue weighted by Gasteiger charge is 2.30. The molecule has 1 aromatic rings. The van der Waals surface area contributed by atoms with Gasteiger partial charge in [-0.05, 0) is 24.6 Å². The predicted molar refractivity (Wildman–Crippen MR) is 97.7 cm³/mol. The number of rotatable bonds is 6. The van der Waals surface area contributed by atoms with E-state index in [9.17, 15) is 13.2 Å². The van der Waals surface area contributed by atoms with Crippen LogP contribution < -0.4 is 5.32 Å². The van der Waals surface area contributed by atoms with E-state index in [1.165, 1.54) is 10.4 Å². The zero-order valence-electron chi connectivity index (χ0n) is 13.5. The van der Waals surface area contributed by atoms with Gasteiger partial charge in [0.15, 0.2) is 0 Å². The number of halogens is 2. The average Bonchev–Trinajstić information content (AvgIpc) is 2.53. The summed E-state index contributed by atoms with van der Waals surface area (Å²) in [5.74, 6) is -0.0240. The second kappa shape index (κ2) is 8.62. The van der Waals surface area contributed by atoms with Gasteiger partial charge in [-0.1, -0.05) is 34.5 Å². The number of amides is 1. The summed E-state index contributed by atoms with van der Waals surface area (Å²) in [7, 11) is -3.62. The Bertz CT molecular complexity index is 691. The summed E-state index contributed by atoms with van der Waals surface area (Å²) in [6, 6.07) is 4.74. The minimum absolute atomic E-state index is 0.0240. The number of hydrogen-bond donors (Lipinski definition) is 1. The Kier molecular flexibility index (Phi) is 7.06. The van der Waals surface area contributed by atoms with Gasteiger partial charge in [0.1, 0.15) is 4.90 Å². The lowest BCUT2D eigenvalue weighted by Crippen LogP contribution is -2.51. The van der Waals surface area contributed by atoms with Crippen molar-refractivity contribution in [1.29, 1.82) is 0 Å². The van der Waals surface area contributed by atoms with Crippen LogP contribution in [0.4, 0.5) is 0 Å². The summed E-state index contributed by atoms with van der Waals surface area (Å²) < 4.78 is 27.6. The number of sulfonamides is 1. The van der Waals surface area contributed by atoms with E-state index in [4.69, 9.17) is 11.6 Å². The van der Waals surface area contributed by atoms with E-state index >= 15 is 0 Å². The van der Waals surface area contributed by atoms with Crippen LogP contribution in [-0.2, 0) is 14.8 Å². The van der Waals surface area contributed by atoms with Gasteiger partial charge in [-0.2, -0.15) is 4.31 Å². The Morgan fingerprint density at radius 3 is 2.54 bits per heavy atom. The van der Waals surface area contributed by atoms with Crippen molar-refractivity contribution in [3.8, 4) is 0 Å². The van der Waals surface area contributed by atoms with E-state index < -0.39 is 10.0 Å². The third kappa shape index (κ3) is 4.92. The highest BCUT2D eigenvalue weighted by atomic mass is 79.9. The molecular weight excluding hydrogens is 418 g/mol. The fourth-order valence-corrected chi connectivity index (χ4v) is 4.91. The van der Waals surface area contributed by atoms with Crippen LogP contribution in [0, 0.1) is 0 Å². The molecule has 0 aliphatic carbocycles. The number of nitrogens with zero attached hydrogens (tertiary/aromatic N) is 2. The van der Waals surface area contributed by atoms with Crippen molar-refractivity contribution in [2.45, 2.75) is 18.2 Å². The van der Waals surface area contributed by atoms with Crippen LogP contribution in [0.15, 0.2) is 27.6 Å². The van der Waals surface area contributed by atoms with Crippen molar-refractivity contribution in [1.82, 2.24) is 14.5 Å². The number of carbonyl (C=O) groups is 1. The summed E-state index contributed by atoms with van der Waals surface area (Å²) in [5.41, 5.74) is 0. The van der Waals surface area contributed by atoms with Gasteiger partial charge in [0, 0.05) is 37.2 Å². The Labute approximate surface area is 156 Å². The molecule has 1 N–H and O–H groups in total. The average molecular weight is 439 g/mol. The molecule has 0 unspecified atom stereocenters. The van der Waals surface area contributed by atoms with Crippen LogP contribution in [0.5, 0.6) is 0 Å². The van der Waals surface area contributed by atoms with Crippen LogP contribution in [0.3, 0.4) is 0 Å². The number of piperazine rings is 1. The predicted octanol–water partition coefficient (Wildman–Crippen LogP) is 1.93. The quantitative estimate of drug-likeness (QED) is 0.737. The third-order valence-corrected chi connectivity index (χ3v) is 6.66. The summed E-state index contributed by atoms with van der Waals surface area (Å²) in [6.45, 7) is 4.69. The zero-order valence-corrected chi connectivity index (χ0v) is 16.6.